The van der Waals surface area contributed by atoms with Crippen LogP contribution in [0.25, 0.3) is 0 Å². The third kappa shape index (κ3) is 3.89. The number of halogens is 1. The number of nitrogens with zero attached hydrogens (tertiary/aromatic N) is 1. The maximum Gasteiger partial charge on any atom is 0.337 e. The molecule has 0 aromatic heterocycles. The van der Waals surface area contributed by atoms with Crippen molar-refractivity contribution in [1.29, 1.82) is 0 Å². The summed E-state index contributed by atoms with van der Waals surface area (Å²) in [7, 11) is 1.34. The van der Waals surface area contributed by atoms with Crippen molar-refractivity contribution >= 4 is 17.6 Å². The third-order valence-electron chi connectivity index (χ3n) is 5.07. The molecule has 0 aliphatic carbocycles. The Morgan fingerprint density at radius 2 is 1.80 bits per heavy atom. The quantitative estimate of drug-likeness (QED) is 0.591. The van der Waals surface area contributed by atoms with Crippen LogP contribution in [0.3, 0.4) is 0 Å². The SMILES string of the molecule is COC(=O)c1ccc2c(c1)CCN2C(=O)c1ccccc1OCc1ccc(F)cc1. The summed E-state index contributed by atoms with van der Waals surface area (Å²) in [6.07, 6.45) is 0.657. The van der Waals surface area contributed by atoms with Crippen molar-refractivity contribution in [2.45, 2.75) is 13.0 Å². The number of para-hydroxylation sites is 1. The standard InChI is InChI=1S/C24H20FNO4/c1-29-24(28)18-8-11-21-17(14-18)12-13-26(21)23(27)20-4-2-3-5-22(20)30-15-16-6-9-19(25)10-7-16/h2-11,14H,12-13,15H2,1H3. The number of carbonyl (C=O) groups is 2. The van der Waals surface area contributed by atoms with E-state index in [1.54, 1.807) is 59.5 Å². The van der Waals surface area contributed by atoms with Gasteiger partial charge >= 0.3 is 5.97 Å². The molecule has 0 spiro atoms. The van der Waals surface area contributed by atoms with Gasteiger partial charge < -0.3 is 14.4 Å². The van der Waals surface area contributed by atoms with Crippen LogP contribution in [0.15, 0.2) is 66.7 Å². The van der Waals surface area contributed by atoms with Crippen LogP contribution in [-0.4, -0.2) is 25.5 Å². The number of carbonyl (C=O) groups excluding carboxylic acids is 2. The van der Waals surface area contributed by atoms with E-state index in [1.807, 2.05) is 0 Å². The normalized spacial score (nSPS) is 12.4. The van der Waals surface area contributed by atoms with Crippen LogP contribution >= 0.6 is 0 Å². The first-order valence-corrected chi connectivity index (χ1v) is 9.56. The number of anilines is 1. The fraction of sp³-hybridized carbons (Fsp3) is 0.167. The molecule has 0 N–H and O–H groups in total. The molecule has 0 fully saturated rings. The second-order valence-corrected chi connectivity index (χ2v) is 6.95. The highest BCUT2D eigenvalue weighted by Gasteiger charge is 2.28. The molecule has 3 aromatic rings. The lowest BCUT2D eigenvalue weighted by Gasteiger charge is -2.19. The van der Waals surface area contributed by atoms with E-state index in [1.165, 1.54) is 19.2 Å². The van der Waals surface area contributed by atoms with Gasteiger partial charge in [-0.2, -0.15) is 0 Å². The van der Waals surface area contributed by atoms with E-state index in [-0.39, 0.29) is 18.3 Å². The second-order valence-electron chi connectivity index (χ2n) is 6.95. The van der Waals surface area contributed by atoms with Crippen molar-refractivity contribution in [3.8, 4) is 5.75 Å². The number of ether oxygens (including phenoxy) is 2. The fourth-order valence-electron chi connectivity index (χ4n) is 3.51. The molecule has 3 aromatic carbocycles. The van der Waals surface area contributed by atoms with Gasteiger partial charge in [0.1, 0.15) is 18.2 Å². The number of rotatable bonds is 5. The van der Waals surface area contributed by atoms with E-state index < -0.39 is 5.97 Å². The molecule has 1 aliphatic heterocycles. The topological polar surface area (TPSA) is 55.8 Å². The zero-order valence-corrected chi connectivity index (χ0v) is 16.4. The van der Waals surface area contributed by atoms with Gasteiger partial charge in [0, 0.05) is 12.2 Å². The highest BCUT2D eigenvalue weighted by molar-refractivity contribution is 6.09. The molecule has 6 heteroatoms. The lowest BCUT2D eigenvalue weighted by Crippen LogP contribution is -2.29. The first-order chi connectivity index (χ1) is 14.6. The van der Waals surface area contributed by atoms with E-state index in [0.717, 1.165) is 16.8 Å². The van der Waals surface area contributed by atoms with Crippen molar-refractivity contribution in [2.24, 2.45) is 0 Å². The van der Waals surface area contributed by atoms with E-state index in [0.29, 0.717) is 29.8 Å². The molecule has 4 rings (SSSR count). The number of methoxy groups -OCH3 is 1. The molecule has 1 amide bonds. The summed E-state index contributed by atoms with van der Waals surface area (Å²) >= 11 is 0. The Morgan fingerprint density at radius 1 is 1.03 bits per heavy atom. The third-order valence-corrected chi connectivity index (χ3v) is 5.07. The van der Waals surface area contributed by atoms with Crippen molar-refractivity contribution in [2.75, 3.05) is 18.6 Å². The molecule has 0 bridgehead atoms. The minimum absolute atomic E-state index is 0.172. The summed E-state index contributed by atoms with van der Waals surface area (Å²) in [5.74, 6) is -0.416. The number of hydrogen-bond acceptors (Lipinski definition) is 4. The average molecular weight is 405 g/mol. The van der Waals surface area contributed by atoms with Crippen LogP contribution in [0.5, 0.6) is 5.75 Å². The van der Waals surface area contributed by atoms with E-state index in [9.17, 15) is 14.0 Å². The molecule has 30 heavy (non-hydrogen) atoms. The van der Waals surface area contributed by atoms with Crippen molar-refractivity contribution < 1.29 is 23.5 Å². The van der Waals surface area contributed by atoms with Crippen LogP contribution in [0.2, 0.25) is 0 Å². The number of esters is 1. The van der Waals surface area contributed by atoms with Crippen LogP contribution in [0.4, 0.5) is 10.1 Å². The van der Waals surface area contributed by atoms with Gasteiger partial charge in [-0.3, -0.25) is 4.79 Å². The monoisotopic (exact) mass is 405 g/mol. The van der Waals surface area contributed by atoms with E-state index in [4.69, 9.17) is 9.47 Å². The summed E-state index contributed by atoms with van der Waals surface area (Å²) in [5, 5.41) is 0. The predicted molar refractivity (Wildman–Crippen MR) is 110 cm³/mol. The lowest BCUT2D eigenvalue weighted by molar-refractivity contribution is 0.0600. The number of amides is 1. The highest BCUT2D eigenvalue weighted by atomic mass is 19.1. The van der Waals surface area contributed by atoms with Crippen LogP contribution in [0.1, 0.15) is 31.8 Å². The molecule has 5 nitrogen and oxygen atoms in total. The Kier molecular flexibility index (Phi) is 5.48. The Morgan fingerprint density at radius 3 is 2.57 bits per heavy atom. The van der Waals surface area contributed by atoms with Gasteiger partial charge in [-0.25, -0.2) is 9.18 Å². The molecule has 152 valence electrons. The van der Waals surface area contributed by atoms with Crippen molar-refractivity contribution in [3.05, 3.63) is 94.8 Å². The molecule has 0 saturated heterocycles. The van der Waals surface area contributed by atoms with Crippen LogP contribution in [-0.2, 0) is 17.8 Å². The Balaban J connectivity index is 1.55. The summed E-state index contributed by atoms with van der Waals surface area (Å²) in [6, 6.07) is 18.3. The van der Waals surface area contributed by atoms with Gasteiger partial charge in [-0.05, 0) is 60.0 Å². The molecular formula is C24H20FNO4. The maximum absolute atomic E-state index is 13.3. The van der Waals surface area contributed by atoms with Gasteiger partial charge in [0.05, 0.1) is 18.2 Å². The lowest BCUT2D eigenvalue weighted by atomic mass is 10.1. The fourth-order valence-corrected chi connectivity index (χ4v) is 3.51. The highest BCUT2D eigenvalue weighted by Crippen LogP contribution is 2.32. The molecule has 1 aliphatic rings. The minimum Gasteiger partial charge on any atom is -0.488 e. The van der Waals surface area contributed by atoms with Crippen LogP contribution < -0.4 is 9.64 Å². The number of hydrogen-bond donors (Lipinski definition) is 0. The van der Waals surface area contributed by atoms with Gasteiger partial charge in [0.2, 0.25) is 0 Å². The van der Waals surface area contributed by atoms with Crippen molar-refractivity contribution in [1.82, 2.24) is 0 Å². The van der Waals surface area contributed by atoms with Gasteiger partial charge in [-0.15, -0.1) is 0 Å². The largest absolute Gasteiger partial charge is 0.488 e. The minimum atomic E-state index is -0.401. The second kappa shape index (κ2) is 8.37. The van der Waals surface area contributed by atoms with Crippen LogP contribution in [0, 0.1) is 5.82 Å². The Hall–Kier alpha value is -3.67. The zero-order valence-electron chi connectivity index (χ0n) is 16.4. The number of fused-ring (bicyclic) bond motifs is 1. The Labute approximate surface area is 173 Å². The van der Waals surface area contributed by atoms with Gasteiger partial charge in [0.15, 0.2) is 0 Å². The zero-order chi connectivity index (χ0) is 21.1. The first-order valence-electron chi connectivity index (χ1n) is 9.56. The molecule has 0 radical (unpaired) electrons. The molecule has 0 saturated carbocycles. The van der Waals surface area contributed by atoms with E-state index in [2.05, 4.69) is 0 Å². The number of benzene rings is 3. The van der Waals surface area contributed by atoms with Gasteiger partial charge in [-0.1, -0.05) is 24.3 Å². The average Bonchev–Trinajstić information content (AvgIpc) is 3.21. The first kappa shape index (κ1) is 19.6. The summed E-state index contributed by atoms with van der Waals surface area (Å²) in [4.78, 5) is 26.7. The summed E-state index contributed by atoms with van der Waals surface area (Å²) < 4.78 is 23.7. The smallest absolute Gasteiger partial charge is 0.337 e. The van der Waals surface area contributed by atoms with E-state index >= 15 is 0 Å². The van der Waals surface area contributed by atoms with Gasteiger partial charge in [0.25, 0.3) is 5.91 Å². The molecular weight excluding hydrogens is 385 g/mol. The molecule has 0 unspecified atom stereocenters. The molecule has 1 heterocycles. The predicted octanol–water partition coefficient (Wildman–Crippen LogP) is 4.39. The summed E-state index contributed by atoms with van der Waals surface area (Å²) in [5.41, 5.74) is 3.43. The Bertz CT molecular complexity index is 1090. The maximum atomic E-state index is 13.3. The molecule has 0 atom stereocenters. The van der Waals surface area contributed by atoms with Crippen molar-refractivity contribution in [3.63, 3.8) is 0 Å². The summed E-state index contributed by atoms with van der Waals surface area (Å²) in [6.45, 7) is 0.745.